The lowest BCUT2D eigenvalue weighted by atomic mass is 9.91. The minimum Gasteiger partial charge on any atom is -0.445 e. The third-order valence-electron chi connectivity index (χ3n) is 11.7. The molecule has 354 valence electrons. The number of nitrogens with one attached hydrogen (secondary N) is 4. The van der Waals surface area contributed by atoms with Crippen molar-refractivity contribution in [1.29, 1.82) is 0 Å². The molecule has 67 heavy (non-hydrogen) atoms. The lowest BCUT2D eigenvalue weighted by Gasteiger charge is -2.32. The van der Waals surface area contributed by atoms with Crippen molar-refractivity contribution in [2.24, 2.45) is 17.4 Å². The van der Waals surface area contributed by atoms with E-state index >= 15 is 0 Å². The first-order valence-electron chi connectivity index (χ1n) is 22.5. The van der Waals surface area contributed by atoms with E-state index in [4.69, 9.17) is 16.2 Å². The van der Waals surface area contributed by atoms with Gasteiger partial charge in [-0.3, -0.25) is 33.7 Å². The van der Waals surface area contributed by atoms with Crippen molar-refractivity contribution in [1.82, 2.24) is 35.5 Å². The summed E-state index contributed by atoms with van der Waals surface area (Å²) >= 11 is 0. The number of fused-ring (bicyclic) bond motifs is 1. The number of likely N-dealkylation sites (tertiary alicyclic amines) is 1. The second kappa shape index (κ2) is 23.1. The Kier molecular flexibility index (Phi) is 16.8. The van der Waals surface area contributed by atoms with Crippen LogP contribution in [0.2, 0.25) is 0 Å². The number of hydrogen-bond acceptors (Lipinski definition) is 10. The van der Waals surface area contributed by atoms with Crippen LogP contribution in [-0.4, -0.2) is 105 Å². The van der Waals surface area contributed by atoms with E-state index < -0.39 is 41.9 Å². The van der Waals surface area contributed by atoms with Crippen molar-refractivity contribution < 1.29 is 43.1 Å². The molecule has 1 fully saturated rings. The summed E-state index contributed by atoms with van der Waals surface area (Å²) in [5.74, 6) is -2.89. The van der Waals surface area contributed by atoms with Crippen LogP contribution < -0.4 is 32.7 Å². The minimum atomic E-state index is -1.03. The van der Waals surface area contributed by atoms with Crippen LogP contribution in [0, 0.1) is 5.92 Å². The Labute approximate surface area is 388 Å². The van der Waals surface area contributed by atoms with E-state index in [1.54, 1.807) is 59.8 Å². The van der Waals surface area contributed by atoms with Crippen LogP contribution in [-0.2, 0) is 35.3 Å². The number of aromatic nitrogens is 2. The number of nitrogens with zero attached hydrogens (tertiary/aromatic N) is 4. The van der Waals surface area contributed by atoms with E-state index in [1.165, 1.54) is 12.2 Å². The lowest BCUT2D eigenvalue weighted by Crippen LogP contribution is -2.54. The number of nitrogens with two attached hydrogens (primary N) is 2. The number of imide groups is 1. The Hall–Kier alpha value is -7.57. The van der Waals surface area contributed by atoms with Gasteiger partial charge in [-0.05, 0) is 85.9 Å². The van der Waals surface area contributed by atoms with Gasteiger partial charge in [-0.25, -0.2) is 14.3 Å². The summed E-state index contributed by atoms with van der Waals surface area (Å²) < 4.78 is 7.41. The van der Waals surface area contributed by atoms with Crippen molar-refractivity contribution in [3.05, 3.63) is 102 Å². The molecule has 0 saturated carbocycles. The van der Waals surface area contributed by atoms with Crippen LogP contribution in [0.1, 0.15) is 92.6 Å². The summed E-state index contributed by atoms with van der Waals surface area (Å²) in [6, 6.07) is 17.3. The Balaban J connectivity index is 0.974. The molecule has 0 bridgehead atoms. The van der Waals surface area contributed by atoms with Crippen molar-refractivity contribution in [3.63, 3.8) is 0 Å². The molecule has 8 N–H and O–H groups in total. The number of benzene rings is 3. The number of rotatable bonds is 21. The van der Waals surface area contributed by atoms with Crippen molar-refractivity contribution in [3.8, 4) is 5.69 Å². The van der Waals surface area contributed by atoms with E-state index in [0.717, 1.165) is 34.4 Å². The fraction of sp³-hybridized carbons (Fsp3) is 0.396. The predicted molar refractivity (Wildman–Crippen MR) is 248 cm³/mol. The molecule has 2 unspecified atom stereocenters. The van der Waals surface area contributed by atoms with Crippen LogP contribution in [0.25, 0.3) is 16.6 Å². The number of anilines is 1. The average Bonchev–Trinajstić information content (AvgIpc) is 3.90. The molecule has 2 aliphatic heterocycles. The largest absolute Gasteiger partial charge is 0.445 e. The molecule has 3 atom stereocenters. The number of piperidine rings is 1. The first kappa shape index (κ1) is 48.9. The maximum Gasteiger partial charge on any atom is 0.410 e. The molecular weight excluding hydrogens is 861 g/mol. The monoisotopic (exact) mass is 918 g/mol. The second-order valence-corrected chi connectivity index (χ2v) is 17.1. The van der Waals surface area contributed by atoms with Gasteiger partial charge in [0.2, 0.25) is 17.7 Å². The molecule has 6 rings (SSSR count). The van der Waals surface area contributed by atoms with Gasteiger partial charge in [0.1, 0.15) is 24.2 Å². The number of hydrogen-bond donors (Lipinski definition) is 6. The summed E-state index contributed by atoms with van der Waals surface area (Å²) in [7, 11) is 0. The fourth-order valence-electron chi connectivity index (χ4n) is 8.05. The zero-order chi connectivity index (χ0) is 48.0. The van der Waals surface area contributed by atoms with Crippen molar-refractivity contribution in [2.45, 2.75) is 89.8 Å². The Bertz CT molecular complexity index is 2470. The molecule has 19 heteroatoms. The number of ether oxygens (including phenoxy) is 1. The van der Waals surface area contributed by atoms with E-state index in [-0.39, 0.29) is 62.1 Å². The van der Waals surface area contributed by atoms with Gasteiger partial charge < -0.3 is 42.4 Å². The summed E-state index contributed by atoms with van der Waals surface area (Å²) in [5.41, 5.74) is 14.7. The summed E-state index contributed by atoms with van der Waals surface area (Å²) in [4.78, 5) is 103. The average molecular weight is 919 g/mol. The van der Waals surface area contributed by atoms with Gasteiger partial charge in [0, 0.05) is 67.9 Å². The number of urea groups is 1. The second-order valence-electron chi connectivity index (χ2n) is 17.1. The standard InChI is InChI=1S/C48H58N10O9/c1-30(2)42(54-39(59)13-4-3-5-26-57-40(60)22-23-41(57)61)46(64)53-38(12-7-24-51-47(50)65)45(63)52-35-18-14-31(15-19-35)29-67-48(66)56-25-8-10-33(27-56)32-16-20-36(21-17-32)58-28-34-9-6-11-37(44(49)62)43(34)55-58/h6,9,11,14-23,28,30,33,38,42H,3-5,7-8,10,12-13,24-27,29H2,1-2H3,(H2,49,62)(H,52,63)(H,53,64)(H,54,59)(H3,50,51,65)/t33?,38?,42-/m0/s1. The van der Waals surface area contributed by atoms with Crippen molar-refractivity contribution in [2.75, 3.05) is 31.5 Å². The van der Waals surface area contributed by atoms with E-state index in [0.29, 0.717) is 61.1 Å². The van der Waals surface area contributed by atoms with Crippen LogP contribution in [0.15, 0.2) is 85.1 Å². The molecule has 0 spiro atoms. The third kappa shape index (κ3) is 13.5. The Morgan fingerprint density at radius 1 is 0.851 bits per heavy atom. The van der Waals surface area contributed by atoms with Gasteiger partial charge in [0.05, 0.1) is 11.3 Å². The molecule has 9 amide bonds. The van der Waals surface area contributed by atoms with Crippen LogP contribution in [0.5, 0.6) is 0 Å². The molecule has 4 aromatic rings. The highest BCUT2D eigenvalue weighted by Gasteiger charge is 2.30. The molecule has 1 saturated heterocycles. The van der Waals surface area contributed by atoms with E-state index in [9.17, 15) is 38.4 Å². The van der Waals surface area contributed by atoms with Gasteiger partial charge in [-0.2, -0.15) is 5.10 Å². The van der Waals surface area contributed by atoms with Gasteiger partial charge in [0.25, 0.3) is 17.7 Å². The molecule has 3 aromatic carbocycles. The summed E-state index contributed by atoms with van der Waals surface area (Å²) in [6.45, 7) is 5.03. The highest BCUT2D eigenvalue weighted by molar-refractivity contribution is 6.12. The van der Waals surface area contributed by atoms with Gasteiger partial charge in [0.15, 0.2) is 0 Å². The Morgan fingerprint density at radius 3 is 2.27 bits per heavy atom. The minimum absolute atomic E-state index is 0.00477. The first-order chi connectivity index (χ1) is 32.2. The zero-order valence-corrected chi connectivity index (χ0v) is 37.7. The topological polar surface area (TPSA) is 270 Å². The number of carbonyl (C=O) groups excluding carboxylic acids is 8. The summed E-state index contributed by atoms with van der Waals surface area (Å²) in [6.07, 6.45) is 7.77. The normalized spacial score (nSPS) is 15.6. The molecule has 1 aromatic heterocycles. The molecule has 0 radical (unpaired) electrons. The highest BCUT2D eigenvalue weighted by atomic mass is 16.6. The lowest BCUT2D eigenvalue weighted by molar-refractivity contribution is -0.137. The van der Waals surface area contributed by atoms with Gasteiger partial charge >= 0.3 is 12.1 Å². The van der Waals surface area contributed by atoms with E-state index in [2.05, 4.69) is 26.4 Å². The smallest absolute Gasteiger partial charge is 0.410 e. The molecule has 3 heterocycles. The molecule has 19 nitrogen and oxygen atoms in total. The molecular formula is C48H58N10O9. The van der Waals surface area contributed by atoms with Crippen LogP contribution in [0.4, 0.5) is 15.3 Å². The fourth-order valence-corrected chi connectivity index (χ4v) is 8.05. The number of carbonyl (C=O) groups is 8. The first-order valence-corrected chi connectivity index (χ1v) is 22.5. The zero-order valence-electron chi connectivity index (χ0n) is 37.7. The number of amides is 9. The molecule has 2 aliphatic rings. The third-order valence-corrected chi connectivity index (χ3v) is 11.7. The summed E-state index contributed by atoms with van der Waals surface area (Å²) in [5, 5.41) is 16.2. The maximum atomic E-state index is 13.6. The van der Waals surface area contributed by atoms with Crippen LogP contribution >= 0.6 is 0 Å². The van der Waals surface area contributed by atoms with Gasteiger partial charge in [-0.15, -0.1) is 0 Å². The SMILES string of the molecule is CC(C)[C@H](NC(=O)CCCCCN1C(=O)C=CC1=O)C(=O)NC(CCCNC(N)=O)C(=O)Nc1ccc(COC(=O)N2CCCC(c3ccc(-n4cc5cccc(C(N)=O)c5n4)cc3)C2)cc1. The maximum absolute atomic E-state index is 13.6. The molecule has 0 aliphatic carbocycles. The van der Waals surface area contributed by atoms with Crippen LogP contribution in [0.3, 0.4) is 0 Å². The Morgan fingerprint density at radius 2 is 1.58 bits per heavy atom. The van der Waals surface area contributed by atoms with Crippen molar-refractivity contribution >= 4 is 64.2 Å². The van der Waals surface area contributed by atoms with E-state index in [1.807, 2.05) is 36.5 Å². The predicted octanol–water partition coefficient (Wildman–Crippen LogP) is 4.14. The quantitative estimate of drug-likeness (QED) is 0.0514. The number of unbranched alkanes of at least 4 members (excludes halogenated alkanes) is 2. The highest BCUT2D eigenvalue weighted by Crippen LogP contribution is 2.29. The number of primary amides is 2. The van der Waals surface area contributed by atoms with Gasteiger partial charge in [-0.1, -0.05) is 56.7 Å².